The highest BCUT2D eigenvalue weighted by atomic mass is 19.1. The Morgan fingerprint density at radius 3 is 2.46 bits per heavy atom. The van der Waals surface area contributed by atoms with Gasteiger partial charge in [0.1, 0.15) is 17.0 Å². The number of hydrogen-bond acceptors (Lipinski definition) is 4. The minimum atomic E-state index is -0.373. The average molecular weight is 374 g/mol. The number of aryl methyl sites for hydroxylation is 1. The minimum absolute atomic E-state index is 0.269. The zero-order valence-corrected chi connectivity index (χ0v) is 14.9. The number of benzene rings is 2. The molecule has 1 N–H and O–H groups in total. The normalized spacial score (nSPS) is 10.8. The molecule has 0 aliphatic heterocycles. The van der Waals surface area contributed by atoms with Crippen molar-refractivity contribution in [1.29, 1.82) is 0 Å². The highest BCUT2D eigenvalue weighted by molar-refractivity contribution is 6.04. The first kappa shape index (κ1) is 17.5. The molecule has 0 saturated heterocycles. The number of amides is 1. The minimum Gasteiger partial charge on any atom is -0.322 e. The molecule has 0 unspecified atom stereocenters. The Hall–Kier alpha value is -3.87. The predicted octanol–water partition coefficient (Wildman–Crippen LogP) is 3.39. The number of fused-ring (bicyclic) bond motifs is 1. The van der Waals surface area contributed by atoms with Gasteiger partial charge in [0, 0.05) is 30.1 Å². The van der Waals surface area contributed by atoms with Crippen LogP contribution in [0.15, 0.2) is 71.7 Å². The Balaban J connectivity index is 1.64. The van der Waals surface area contributed by atoms with Crippen molar-refractivity contribution in [3.05, 3.63) is 88.6 Å². The summed E-state index contributed by atoms with van der Waals surface area (Å²) in [6.07, 6.45) is 1.61. The van der Waals surface area contributed by atoms with Crippen molar-refractivity contribution in [1.82, 2.24) is 14.5 Å². The third-order valence-corrected chi connectivity index (χ3v) is 4.35. The second kappa shape index (κ2) is 7.03. The Morgan fingerprint density at radius 1 is 1.04 bits per heavy atom. The van der Waals surface area contributed by atoms with Gasteiger partial charge in [0.25, 0.3) is 11.5 Å². The Kier molecular flexibility index (Phi) is 4.41. The predicted molar refractivity (Wildman–Crippen MR) is 105 cm³/mol. The topological polar surface area (TPSA) is 76.9 Å². The molecule has 2 heterocycles. The number of halogens is 1. The summed E-state index contributed by atoms with van der Waals surface area (Å²) in [5.74, 6) is -0.705. The van der Waals surface area contributed by atoms with Crippen LogP contribution in [0.1, 0.15) is 10.4 Å². The van der Waals surface area contributed by atoms with Crippen LogP contribution >= 0.6 is 0 Å². The summed E-state index contributed by atoms with van der Waals surface area (Å²) in [7, 11) is 1.65. The van der Waals surface area contributed by atoms with Crippen LogP contribution in [0, 0.1) is 5.82 Å². The van der Waals surface area contributed by atoms with E-state index < -0.39 is 0 Å². The summed E-state index contributed by atoms with van der Waals surface area (Å²) in [5.41, 5.74) is 2.64. The van der Waals surface area contributed by atoms with Gasteiger partial charge in [-0.3, -0.25) is 14.2 Å². The molecule has 4 rings (SSSR count). The molecule has 4 aromatic rings. The van der Waals surface area contributed by atoms with Crippen molar-refractivity contribution >= 4 is 22.8 Å². The molecule has 0 bridgehead atoms. The zero-order chi connectivity index (χ0) is 19.7. The molecule has 2 aromatic heterocycles. The number of rotatable bonds is 3. The SMILES string of the molecule is Cn1c(=O)c(-c2ccc(C(=O)Nc3ccc(F)cc3)cc2)nc2cccnc21. The van der Waals surface area contributed by atoms with Crippen LogP contribution in [0.4, 0.5) is 10.1 Å². The molecule has 0 aliphatic rings. The second-order valence-electron chi connectivity index (χ2n) is 6.21. The number of anilines is 1. The van der Waals surface area contributed by atoms with Gasteiger partial charge in [-0.2, -0.15) is 0 Å². The molecule has 0 atom stereocenters. The molecule has 2 aromatic carbocycles. The second-order valence-corrected chi connectivity index (χ2v) is 6.21. The maximum absolute atomic E-state index is 13.0. The number of carbonyl (C=O) groups is 1. The summed E-state index contributed by atoms with van der Waals surface area (Å²) in [5, 5.41) is 2.69. The number of nitrogens with one attached hydrogen (secondary N) is 1. The van der Waals surface area contributed by atoms with Crippen LogP contribution < -0.4 is 10.9 Å². The lowest BCUT2D eigenvalue weighted by Crippen LogP contribution is -2.21. The first-order chi connectivity index (χ1) is 13.5. The number of hydrogen-bond donors (Lipinski definition) is 1. The van der Waals surface area contributed by atoms with Crippen LogP contribution in [0.2, 0.25) is 0 Å². The maximum atomic E-state index is 13.0. The van der Waals surface area contributed by atoms with Gasteiger partial charge < -0.3 is 5.32 Å². The molecule has 6 nitrogen and oxygen atoms in total. The van der Waals surface area contributed by atoms with E-state index >= 15 is 0 Å². The average Bonchev–Trinajstić information content (AvgIpc) is 2.72. The van der Waals surface area contributed by atoms with Gasteiger partial charge in [-0.1, -0.05) is 12.1 Å². The molecule has 0 radical (unpaired) electrons. The number of carbonyl (C=O) groups excluding carboxylic acids is 1. The lowest BCUT2D eigenvalue weighted by atomic mass is 10.1. The molecule has 0 fully saturated rings. The quantitative estimate of drug-likeness (QED) is 0.596. The fourth-order valence-corrected chi connectivity index (χ4v) is 2.86. The molecule has 0 saturated carbocycles. The number of pyridine rings is 1. The third-order valence-electron chi connectivity index (χ3n) is 4.35. The first-order valence-corrected chi connectivity index (χ1v) is 8.52. The smallest absolute Gasteiger partial charge is 0.278 e. The molecule has 138 valence electrons. The van der Waals surface area contributed by atoms with E-state index in [1.807, 2.05) is 0 Å². The van der Waals surface area contributed by atoms with Crippen LogP contribution in [0.5, 0.6) is 0 Å². The summed E-state index contributed by atoms with van der Waals surface area (Å²) >= 11 is 0. The molecular formula is C21H15FN4O2. The van der Waals surface area contributed by atoms with Crippen molar-refractivity contribution < 1.29 is 9.18 Å². The van der Waals surface area contributed by atoms with Crippen molar-refractivity contribution in [2.45, 2.75) is 0 Å². The summed E-state index contributed by atoms with van der Waals surface area (Å²) < 4.78 is 14.4. The van der Waals surface area contributed by atoms with Gasteiger partial charge in [-0.05, 0) is 48.5 Å². The van der Waals surface area contributed by atoms with Crippen LogP contribution in [0.3, 0.4) is 0 Å². The zero-order valence-electron chi connectivity index (χ0n) is 14.9. The summed E-state index contributed by atoms with van der Waals surface area (Å²) in [6.45, 7) is 0. The Morgan fingerprint density at radius 2 is 1.75 bits per heavy atom. The Bertz CT molecular complexity index is 1230. The van der Waals surface area contributed by atoms with Crippen molar-refractivity contribution in [2.24, 2.45) is 7.05 Å². The standard InChI is InChI=1S/C21H15FN4O2/c1-26-19-17(3-2-12-23-19)25-18(21(26)28)13-4-6-14(7-5-13)20(27)24-16-10-8-15(22)9-11-16/h2-12H,1H3,(H,24,27). The van der Waals surface area contributed by atoms with E-state index in [9.17, 15) is 14.0 Å². The van der Waals surface area contributed by atoms with Crippen molar-refractivity contribution in [3.63, 3.8) is 0 Å². The third kappa shape index (κ3) is 3.25. The van der Waals surface area contributed by atoms with Crippen LogP contribution in [-0.2, 0) is 7.05 Å². The fourth-order valence-electron chi connectivity index (χ4n) is 2.86. The highest BCUT2D eigenvalue weighted by Crippen LogP contribution is 2.18. The van der Waals surface area contributed by atoms with E-state index in [4.69, 9.17) is 0 Å². The molecule has 0 aliphatic carbocycles. The van der Waals surface area contributed by atoms with Gasteiger partial charge in [-0.15, -0.1) is 0 Å². The molecule has 0 spiro atoms. The fraction of sp³-hybridized carbons (Fsp3) is 0.0476. The molecule has 1 amide bonds. The lowest BCUT2D eigenvalue weighted by molar-refractivity contribution is 0.102. The van der Waals surface area contributed by atoms with E-state index in [-0.39, 0.29) is 23.0 Å². The van der Waals surface area contributed by atoms with Gasteiger partial charge >= 0.3 is 0 Å². The lowest BCUT2D eigenvalue weighted by Gasteiger charge is -2.08. The van der Waals surface area contributed by atoms with E-state index in [0.717, 1.165) is 0 Å². The monoisotopic (exact) mass is 374 g/mol. The molecular weight excluding hydrogens is 359 g/mol. The van der Waals surface area contributed by atoms with Crippen LogP contribution in [0.25, 0.3) is 22.4 Å². The Labute approximate surface area is 159 Å². The van der Waals surface area contributed by atoms with Crippen molar-refractivity contribution in [2.75, 3.05) is 5.32 Å². The van der Waals surface area contributed by atoms with Gasteiger partial charge in [-0.25, -0.2) is 14.4 Å². The van der Waals surface area contributed by atoms with E-state index in [0.29, 0.717) is 28.0 Å². The summed E-state index contributed by atoms with van der Waals surface area (Å²) in [6, 6.07) is 15.6. The first-order valence-electron chi connectivity index (χ1n) is 8.52. The van der Waals surface area contributed by atoms with Gasteiger partial charge in [0.15, 0.2) is 5.65 Å². The van der Waals surface area contributed by atoms with Crippen molar-refractivity contribution in [3.8, 4) is 11.3 Å². The largest absolute Gasteiger partial charge is 0.322 e. The number of aromatic nitrogens is 3. The van der Waals surface area contributed by atoms with E-state index in [2.05, 4.69) is 15.3 Å². The maximum Gasteiger partial charge on any atom is 0.278 e. The van der Waals surface area contributed by atoms with E-state index in [1.54, 1.807) is 49.6 Å². The molecule has 28 heavy (non-hydrogen) atoms. The van der Waals surface area contributed by atoms with E-state index in [1.165, 1.54) is 28.8 Å². The highest BCUT2D eigenvalue weighted by Gasteiger charge is 2.12. The number of nitrogens with zero attached hydrogens (tertiary/aromatic N) is 3. The van der Waals surface area contributed by atoms with Crippen LogP contribution in [-0.4, -0.2) is 20.4 Å². The summed E-state index contributed by atoms with van der Waals surface area (Å²) in [4.78, 5) is 33.6. The molecule has 7 heteroatoms. The van der Waals surface area contributed by atoms with Gasteiger partial charge in [0.05, 0.1) is 0 Å². The van der Waals surface area contributed by atoms with Gasteiger partial charge in [0.2, 0.25) is 0 Å².